The highest BCUT2D eigenvalue weighted by Gasteiger charge is 2.50. The fourth-order valence-electron chi connectivity index (χ4n) is 3.15. The molecule has 0 atom stereocenters. The lowest BCUT2D eigenvalue weighted by atomic mass is 10.3. The standard InChI is InChI=1S/C24H24O4P/c1-2-27-23(25)18-19-24(26)28-29(20-12-6-3-7-13-20,21-14-8-4-9-15-21)22-16-10-5-11-17-22/h3-17H,2,18-19H2,1H3/q+1. The van der Waals surface area contributed by atoms with Crippen molar-refractivity contribution in [3.05, 3.63) is 91.0 Å². The van der Waals surface area contributed by atoms with Crippen LogP contribution in [0, 0.1) is 0 Å². The van der Waals surface area contributed by atoms with Crippen LogP contribution in [0.2, 0.25) is 0 Å². The Labute approximate surface area is 171 Å². The Kier molecular flexibility index (Phi) is 7.15. The molecule has 0 saturated heterocycles. The van der Waals surface area contributed by atoms with Gasteiger partial charge in [-0.25, -0.2) is 4.79 Å². The fourth-order valence-corrected chi connectivity index (χ4v) is 6.54. The van der Waals surface area contributed by atoms with Crippen LogP contribution in [0.3, 0.4) is 0 Å². The second kappa shape index (κ2) is 9.99. The molecule has 3 aromatic carbocycles. The van der Waals surface area contributed by atoms with Crippen molar-refractivity contribution in [2.75, 3.05) is 6.61 Å². The van der Waals surface area contributed by atoms with Crippen molar-refractivity contribution in [2.45, 2.75) is 19.8 Å². The third kappa shape index (κ3) is 4.90. The molecular formula is C24H24O4P+. The van der Waals surface area contributed by atoms with E-state index in [9.17, 15) is 9.59 Å². The number of carbonyl (C=O) groups excluding carboxylic acids is 2. The van der Waals surface area contributed by atoms with Crippen molar-refractivity contribution in [2.24, 2.45) is 0 Å². The Morgan fingerprint density at radius 2 is 1.03 bits per heavy atom. The molecule has 0 aliphatic heterocycles. The average molecular weight is 407 g/mol. The van der Waals surface area contributed by atoms with Crippen molar-refractivity contribution in [3.8, 4) is 0 Å². The van der Waals surface area contributed by atoms with E-state index in [1.807, 2.05) is 91.0 Å². The van der Waals surface area contributed by atoms with Gasteiger partial charge in [-0.1, -0.05) is 54.6 Å². The van der Waals surface area contributed by atoms with E-state index in [0.29, 0.717) is 6.61 Å². The van der Waals surface area contributed by atoms with Gasteiger partial charge in [0.15, 0.2) is 0 Å². The fraction of sp³-hybridized carbons (Fsp3) is 0.167. The van der Waals surface area contributed by atoms with Crippen LogP contribution < -0.4 is 15.9 Å². The van der Waals surface area contributed by atoms with E-state index < -0.39 is 19.4 Å². The molecule has 0 bridgehead atoms. The van der Waals surface area contributed by atoms with Crippen molar-refractivity contribution in [1.29, 1.82) is 0 Å². The van der Waals surface area contributed by atoms with Crippen LogP contribution in [0.5, 0.6) is 0 Å². The Hall–Kier alpha value is -2.97. The Balaban J connectivity index is 2.05. The molecule has 148 valence electrons. The molecule has 0 aromatic heterocycles. The number of esters is 1. The largest absolute Gasteiger partial charge is 0.466 e. The maximum atomic E-state index is 12.9. The molecule has 0 fully saturated rings. The van der Waals surface area contributed by atoms with E-state index in [4.69, 9.17) is 9.26 Å². The van der Waals surface area contributed by atoms with Crippen LogP contribution in [0.1, 0.15) is 19.8 Å². The number of hydrogen-bond acceptors (Lipinski definition) is 4. The minimum Gasteiger partial charge on any atom is -0.466 e. The zero-order valence-corrected chi connectivity index (χ0v) is 17.3. The number of carbonyl (C=O) groups is 2. The second-order valence-electron chi connectivity index (χ2n) is 6.38. The summed E-state index contributed by atoms with van der Waals surface area (Å²) in [4.78, 5) is 24.6. The van der Waals surface area contributed by atoms with Crippen molar-refractivity contribution >= 4 is 35.3 Å². The molecule has 0 heterocycles. The van der Waals surface area contributed by atoms with E-state index in [2.05, 4.69) is 0 Å². The molecule has 0 aliphatic rings. The lowest BCUT2D eigenvalue weighted by Gasteiger charge is -2.25. The summed E-state index contributed by atoms with van der Waals surface area (Å²) in [6, 6.07) is 29.5. The Morgan fingerprint density at radius 3 is 1.41 bits per heavy atom. The monoisotopic (exact) mass is 407 g/mol. The molecule has 0 saturated carbocycles. The minimum absolute atomic E-state index is 0.00500. The smallest absolute Gasteiger partial charge is 0.352 e. The van der Waals surface area contributed by atoms with Crippen molar-refractivity contribution < 1.29 is 18.8 Å². The number of ether oxygens (including phenoxy) is 1. The van der Waals surface area contributed by atoms with Gasteiger partial charge in [0.25, 0.3) is 7.49 Å². The molecule has 0 radical (unpaired) electrons. The molecule has 29 heavy (non-hydrogen) atoms. The van der Waals surface area contributed by atoms with Crippen LogP contribution in [0.25, 0.3) is 0 Å². The van der Waals surface area contributed by atoms with Gasteiger partial charge >= 0.3 is 11.9 Å². The molecule has 4 nitrogen and oxygen atoms in total. The van der Waals surface area contributed by atoms with Crippen molar-refractivity contribution in [1.82, 2.24) is 0 Å². The van der Waals surface area contributed by atoms with E-state index in [-0.39, 0.29) is 12.8 Å². The SMILES string of the molecule is CCOC(=O)CCC(=O)O[P+](c1ccccc1)(c1ccccc1)c1ccccc1. The summed E-state index contributed by atoms with van der Waals surface area (Å²) < 4.78 is 11.2. The molecule has 0 N–H and O–H groups in total. The number of rotatable bonds is 8. The van der Waals surface area contributed by atoms with Gasteiger partial charge in [-0.15, -0.1) is 0 Å². The summed E-state index contributed by atoms with van der Waals surface area (Å²) in [6.07, 6.45) is -0.0157. The highest BCUT2D eigenvalue weighted by atomic mass is 31.2. The lowest BCUT2D eigenvalue weighted by molar-refractivity contribution is -0.146. The summed E-state index contributed by atoms with van der Waals surface area (Å²) in [6.45, 7) is 2.04. The third-order valence-electron chi connectivity index (χ3n) is 4.44. The highest BCUT2D eigenvalue weighted by molar-refractivity contribution is 7.92. The first-order valence-electron chi connectivity index (χ1n) is 9.60. The molecule has 3 rings (SSSR count). The molecule has 0 spiro atoms. The van der Waals surface area contributed by atoms with Crippen LogP contribution in [-0.4, -0.2) is 18.5 Å². The van der Waals surface area contributed by atoms with E-state index >= 15 is 0 Å². The van der Waals surface area contributed by atoms with Gasteiger partial charge in [0.2, 0.25) is 0 Å². The lowest BCUT2D eigenvalue weighted by Crippen LogP contribution is -2.34. The summed E-state index contributed by atoms with van der Waals surface area (Å²) in [5.74, 6) is -0.810. The van der Waals surface area contributed by atoms with Gasteiger partial charge in [0, 0.05) is 0 Å². The number of benzene rings is 3. The summed E-state index contributed by atoms with van der Waals surface area (Å²) in [7, 11) is -2.69. The van der Waals surface area contributed by atoms with Crippen LogP contribution in [0.15, 0.2) is 91.0 Å². The Bertz CT molecular complexity index is 830. The first-order chi connectivity index (χ1) is 14.2. The maximum absolute atomic E-state index is 12.9. The molecule has 5 heteroatoms. The van der Waals surface area contributed by atoms with E-state index in [0.717, 1.165) is 15.9 Å². The van der Waals surface area contributed by atoms with Crippen LogP contribution >= 0.6 is 7.49 Å². The average Bonchev–Trinajstić information content (AvgIpc) is 2.78. The summed E-state index contributed by atoms with van der Waals surface area (Å²) in [5.41, 5.74) is 0. The first kappa shape index (κ1) is 20.8. The van der Waals surface area contributed by atoms with Crippen LogP contribution in [-0.2, 0) is 18.8 Å². The van der Waals surface area contributed by atoms with Gasteiger partial charge in [-0.05, 0) is 43.3 Å². The Morgan fingerprint density at radius 1 is 0.655 bits per heavy atom. The van der Waals surface area contributed by atoms with Gasteiger partial charge in [-0.2, -0.15) is 0 Å². The predicted octanol–water partition coefficient (Wildman–Crippen LogP) is 3.78. The first-order valence-corrected chi connectivity index (χ1v) is 11.3. The molecular weight excluding hydrogens is 383 g/mol. The zero-order chi connectivity index (χ0) is 20.5. The van der Waals surface area contributed by atoms with Crippen LogP contribution in [0.4, 0.5) is 0 Å². The van der Waals surface area contributed by atoms with Gasteiger partial charge in [0.1, 0.15) is 15.9 Å². The topological polar surface area (TPSA) is 52.6 Å². The zero-order valence-electron chi connectivity index (χ0n) is 16.4. The predicted molar refractivity (Wildman–Crippen MR) is 117 cm³/mol. The minimum atomic E-state index is -2.69. The molecule has 0 unspecified atom stereocenters. The van der Waals surface area contributed by atoms with E-state index in [1.54, 1.807) is 6.92 Å². The molecule has 0 amide bonds. The maximum Gasteiger partial charge on any atom is 0.352 e. The molecule has 0 aliphatic carbocycles. The molecule has 3 aromatic rings. The van der Waals surface area contributed by atoms with Gasteiger partial charge < -0.3 is 4.74 Å². The number of hydrogen-bond donors (Lipinski definition) is 0. The quantitative estimate of drug-likeness (QED) is 0.421. The highest BCUT2D eigenvalue weighted by Crippen LogP contribution is 2.56. The second-order valence-corrected chi connectivity index (χ2v) is 9.33. The van der Waals surface area contributed by atoms with E-state index in [1.165, 1.54) is 0 Å². The summed E-state index contributed by atoms with van der Waals surface area (Å²) in [5, 5.41) is 2.84. The van der Waals surface area contributed by atoms with Crippen molar-refractivity contribution in [3.63, 3.8) is 0 Å². The van der Waals surface area contributed by atoms with Gasteiger partial charge in [-0.3, -0.25) is 9.32 Å². The third-order valence-corrected chi connectivity index (χ3v) is 7.99. The summed E-state index contributed by atoms with van der Waals surface area (Å²) >= 11 is 0. The normalized spacial score (nSPS) is 10.9. The van der Waals surface area contributed by atoms with Gasteiger partial charge in [0.05, 0.1) is 19.4 Å².